The topological polar surface area (TPSA) is 99.7 Å². The predicted molar refractivity (Wildman–Crippen MR) is 97.1 cm³/mol. The van der Waals surface area contributed by atoms with Gasteiger partial charge in [-0.3, -0.25) is 4.79 Å². The summed E-state index contributed by atoms with van der Waals surface area (Å²) >= 11 is 0. The number of carbonyl (C=O) groups excluding carboxylic acids is 1. The smallest absolute Gasteiger partial charge is 0.773 e. The van der Waals surface area contributed by atoms with Crippen molar-refractivity contribution in [1.29, 1.82) is 0 Å². The molecule has 1 rings (SSSR count). The summed E-state index contributed by atoms with van der Waals surface area (Å²) in [6.45, 7) is 17.1. The first-order valence-electron chi connectivity index (χ1n) is 8.87. The first-order chi connectivity index (χ1) is 11.1. The van der Waals surface area contributed by atoms with Gasteiger partial charge in [-0.15, -0.1) is 0 Å². The zero-order valence-electron chi connectivity index (χ0n) is 17.2. The van der Waals surface area contributed by atoms with Gasteiger partial charge in [-0.1, -0.05) is 48.0 Å². The van der Waals surface area contributed by atoms with Crippen LogP contribution in [-0.2, 0) is 4.79 Å². The first kappa shape index (κ1) is 27.5. The zero-order valence-corrected chi connectivity index (χ0v) is 19.2. The van der Waals surface area contributed by atoms with E-state index in [2.05, 4.69) is 51.8 Å². The van der Waals surface area contributed by atoms with Gasteiger partial charge < -0.3 is 26.2 Å². The molecule has 0 saturated carbocycles. The van der Waals surface area contributed by atoms with Gasteiger partial charge in [0.05, 0.1) is 0 Å². The molecule has 1 heterocycles. The van der Waals surface area contributed by atoms with Gasteiger partial charge >= 0.3 is 29.6 Å². The van der Waals surface area contributed by atoms with E-state index in [0.29, 0.717) is 5.91 Å². The number of carbonyl (C=O) groups is 1. The Balaban J connectivity index is 0. The number of hydrogen-bond donors (Lipinski definition) is 4. The van der Waals surface area contributed by atoms with Crippen LogP contribution in [0.3, 0.4) is 0 Å². The van der Waals surface area contributed by atoms with Crippen LogP contribution in [0.1, 0.15) is 60.8 Å². The summed E-state index contributed by atoms with van der Waals surface area (Å²) in [6.07, 6.45) is 3.30. The third-order valence-electron chi connectivity index (χ3n) is 4.49. The summed E-state index contributed by atoms with van der Waals surface area (Å²) in [5, 5.41) is 19.3. The van der Waals surface area contributed by atoms with Gasteiger partial charge in [-0.2, -0.15) is 5.59 Å². The van der Waals surface area contributed by atoms with Crippen molar-refractivity contribution in [3.05, 3.63) is 5.21 Å². The van der Waals surface area contributed by atoms with Gasteiger partial charge in [0.2, 0.25) is 5.91 Å². The van der Waals surface area contributed by atoms with Crippen LogP contribution in [-0.4, -0.2) is 42.2 Å². The summed E-state index contributed by atoms with van der Waals surface area (Å²) in [4.78, 5) is 15.2. The third kappa shape index (κ3) is 10.2. The van der Waals surface area contributed by atoms with E-state index < -0.39 is 0 Å². The van der Waals surface area contributed by atoms with E-state index in [4.69, 9.17) is 10.4 Å². The van der Waals surface area contributed by atoms with E-state index in [-0.39, 0.29) is 46.3 Å². The van der Waals surface area contributed by atoms with Crippen LogP contribution in [0.15, 0.2) is 0 Å². The third-order valence-corrected chi connectivity index (χ3v) is 4.49. The standard InChI is InChI=1S/C17H34N2O.H3N2O2.Na/c1-7-9-17(5,6)14(16(2,3)4)15(20)19-12-8-10-18-11-13-19;3-1-2-4;/h14,18H,7-13H2,1-6H3;1-3H;/q;-1;+1. The SMILES string of the molecule is CCCC(C)(C)C(C(=O)N1CCCNCC1)C(C)(C)C.[Na+].[O-]NNO. The zero-order chi connectivity index (χ0) is 18.8. The molecule has 1 fully saturated rings. The summed E-state index contributed by atoms with van der Waals surface area (Å²) in [5.41, 5.74) is 2.18. The van der Waals surface area contributed by atoms with Gasteiger partial charge in [0, 0.05) is 25.6 Å². The average Bonchev–Trinajstić information content (AvgIpc) is 2.74. The number of rotatable bonds is 5. The van der Waals surface area contributed by atoms with Crippen LogP contribution < -0.4 is 46.1 Å². The van der Waals surface area contributed by atoms with Crippen molar-refractivity contribution in [2.24, 2.45) is 16.7 Å². The molecular formula is C17H37N4NaO3. The van der Waals surface area contributed by atoms with Crippen molar-refractivity contribution in [2.45, 2.75) is 60.8 Å². The molecule has 1 amide bonds. The minimum absolute atomic E-state index is 0. The van der Waals surface area contributed by atoms with Crippen molar-refractivity contribution in [1.82, 2.24) is 21.4 Å². The van der Waals surface area contributed by atoms with Gasteiger partial charge in [-0.05, 0) is 30.2 Å². The van der Waals surface area contributed by atoms with Crippen molar-refractivity contribution < 1.29 is 39.6 Å². The molecule has 0 bridgehead atoms. The molecular weight excluding hydrogens is 331 g/mol. The second-order valence-corrected chi connectivity index (χ2v) is 8.18. The quantitative estimate of drug-likeness (QED) is 0.377. The normalized spacial score (nSPS) is 16.9. The number of nitrogens with one attached hydrogen (secondary N) is 3. The molecule has 1 atom stereocenters. The molecule has 0 radical (unpaired) electrons. The number of nitrogens with zero attached hydrogens (tertiary/aromatic N) is 1. The molecule has 8 heteroatoms. The minimum Gasteiger partial charge on any atom is -0.773 e. The summed E-state index contributed by atoms with van der Waals surface area (Å²) in [6, 6.07) is 0. The fourth-order valence-corrected chi connectivity index (χ4v) is 3.91. The van der Waals surface area contributed by atoms with E-state index >= 15 is 0 Å². The van der Waals surface area contributed by atoms with Crippen LogP contribution in [0, 0.1) is 22.0 Å². The van der Waals surface area contributed by atoms with Crippen molar-refractivity contribution in [3.63, 3.8) is 0 Å². The molecule has 0 aliphatic carbocycles. The first-order valence-corrected chi connectivity index (χ1v) is 8.87. The fraction of sp³-hybridized carbons (Fsp3) is 0.941. The van der Waals surface area contributed by atoms with Gasteiger partial charge in [-0.25, -0.2) is 0 Å². The molecule has 0 aromatic heterocycles. The maximum Gasteiger partial charge on any atom is 1.00 e. The average molecular weight is 368 g/mol. The number of amides is 1. The molecule has 1 saturated heterocycles. The molecule has 0 aromatic rings. The molecule has 1 aliphatic rings. The Bertz CT molecular complexity index is 352. The monoisotopic (exact) mass is 368 g/mol. The number of hydrogen-bond acceptors (Lipinski definition) is 6. The molecule has 0 spiro atoms. The van der Waals surface area contributed by atoms with E-state index in [9.17, 15) is 4.79 Å². The minimum atomic E-state index is 0. The molecule has 7 nitrogen and oxygen atoms in total. The summed E-state index contributed by atoms with van der Waals surface area (Å²) in [5.74, 6) is 0.452. The Kier molecular flexibility index (Phi) is 14.8. The van der Waals surface area contributed by atoms with Crippen LogP contribution in [0.5, 0.6) is 0 Å². The van der Waals surface area contributed by atoms with E-state index in [1.54, 1.807) is 0 Å². The van der Waals surface area contributed by atoms with Gasteiger partial charge in [0.15, 0.2) is 0 Å². The predicted octanol–water partition coefficient (Wildman–Crippen LogP) is -0.731. The van der Waals surface area contributed by atoms with E-state index in [1.165, 1.54) is 0 Å². The molecule has 4 N–H and O–H groups in total. The van der Waals surface area contributed by atoms with Gasteiger partial charge in [0.25, 0.3) is 0 Å². The Hall–Kier alpha value is 0.270. The molecule has 25 heavy (non-hydrogen) atoms. The fourth-order valence-electron chi connectivity index (χ4n) is 3.91. The van der Waals surface area contributed by atoms with Crippen molar-refractivity contribution in [3.8, 4) is 0 Å². The largest absolute Gasteiger partial charge is 1.00 e. The van der Waals surface area contributed by atoms with Gasteiger partial charge in [0.1, 0.15) is 0 Å². The summed E-state index contributed by atoms with van der Waals surface area (Å²) < 4.78 is 0. The molecule has 1 aliphatic heterocycles. The molecule has 0 aromatic carbocycles. The van der Waals surface area contributed by atoms with Crippen LogP contribution in [0.25, 0.3) is 0 Å². The van der Waals surface area contributed by atoms with E-state index in [1.807, 2.05) is 0 Å². The van der Waals surface area contributed by atoms with Crippen LogP contribution >= 0.6 is 0 Å². The Morgan fingerprint density at radius 1 is 1.24 bits per heavy atom. The Morgan fingerprint density at radius 3 is 2.24 bits per heavy atom. The Labute approximate surface area is 175 Å². The maximum absolute atomic E-state index is 13.1. The van der Waals surface area contributed by atoms with Crippen LogP contribution in [0.4, 0.5) is 0 Å². The van der Waals surface area contributed by atoms with E-state index in [0.717, 1.165) is 56.6 Å². The second kappa shape index (κ2) is 13.4. The van der Waals surface area contributed by atoms with Crippen molar-refractivity contribution in [2.75, 3.05) is 26.2 Å². The second-order valence-electron chi connectivity index (χ2n) is 8.18. The summed E-state index contributed by atoms with van der Waals surface area (Å²) in [7, 11) is 0. The van der Waals surface area contributed by atoms with Crippen LogP contribution in [0.2, 0.25) is 0 Å². The Morgan fingerprint density at radius 2 is 1.80 bits per heavy atom. The van der Waals surface area contributed by atoms with Crippen molar-refractivity contribution >= 4 is 5.91 Å². The molecule has 144 valence electrons. The maximum atomic E-state index is 13.1. The number of hydrazine groups is 1. The molecule has 1 unspecified atom stereocenters.